The van der Waals surface area contributed by atoms with Gasteiger partial charge >= 0.3 is 6.18 Å². The van der Waals surface area contributed by atoms with Crippen molar-refractivity contribution in [3.05, 3.63) is 24.5 Å². The molecule has 1 heterocycles. The SMILES string of the molecule is CN(/C=C/CNCOC(C)(C)C(F)(F)F)S(=O)(=O)c1ccnn1C. The summed E-state index contributed by atoms with van der Waals surface area (Å²) in [5, 5.41) is 6.44. The van der Waals surface area contributed by atoms with Crippen LogP contribution in [0.4, 0.5) is 13.2 Å². The molecule has 24 heavy (non-hydrogen) atoms. The van der Waals surface area contributed by atoms with Gasteiger partial charge in [0, 0.05) is 26.8 Å². The summed E-state index contributed by atoms with van der Waals surface area (Å²) in [6, 6.07) is 1.37. The van der Waals surface area contributed by atoms with E-state index in [0.717, 1.165) is 18.2 Å². The zero-order chi connectivity index (χ0) is 18.6. The summed E-state index contributed by atoms with van der Waals surface area (Å²) in [4.78, 5) is 0. The lowest BCUT2D eigenvalue weighted by molar-refractivity contribution is -0.265. The van der Waals surface area contributed by atoms with Gasteiger partial charge in [-0.3, -0.25) is 14.3 Å². The van der Waals surface area contributed by atoms with E-state index in [0.29, 0.717) is 0 Å². The van der Waals surface area contributed by atoms with Gasteiger partial charge in [-0.2, -0.15) is 26.7 Å². The van der Waals surface area contributed by atoms with Gasteiger partial charge in [-0.05, 0) is 19.9 Å². The Hall–Kier alpha value is -1.59. The highest BCUT2D eigenvalue weighted by molar-refractivity contribution is 7.89. The molecule has 1 rings (SSSR count). The third-order valence-corrected chi connectivity index (χ3v) is 5.02. The van der Waals surface area contributed by atoms with E-state index in [1.165, 1.54) is 43.3 Å². The highest BCUT2D eigenvalue weighted by Gasteiger charge is 2.48. The van der Waals surface area contributed by atoms with Gasteiger partial charge in [0.15, 0.2) is 10.6 Å². The maximum absolute atomic E-state index is 12.6. The molecule has 0 aliphatic carbocycles. The number of halogens is 3. The van der Waals surface area contributed by atoms with Crippen LogP contribution in [0.25, 0.3) is 0 Å². The molecule has 0 saturated heterocycles. The van der Waals surface area contributed by atoms with Crippen molar-refractivity contribution in [2.24, 2.45) is 7.05 Å². The molecule has 0 saturated carbocycles. The number of nitrogens with one attached hydrogen (secondary N) is 1. The quantitative estimate of drug-likeness (QED) is 0.554. The Morgan fingerprint density at radius 3 is 2.54 bits per heavy atom. The molecule has 1 N–H and O–H groups in total. The van der Waals surface area contributed by atoms with E-state index in [2.05, 4.69) is 10.4 Å². The molecular formula is C13H21F3N4O3S. The Balaban J connectivity index is 2.47. The highest BCUT2D eigenvalue weighted by atomic mass is 32.2. The number of aromatic nitrogens is 2. The average Bonchev–Trinajstić information content (AvgIpc) is 2.87. The Kier molecular flexibility index (Phi) is 6.42. The van der Waals surface area contributed by atoms with E-state index in [1.54, 1.807) is 0 Å². The minimum Gasteiger partial charge on any atom is -0.351 e. The number of hydrogen-bond acceptors (Lipinski definition) is 5. The number of alkyl halides is 3. The lowest BCUT2D eigenvalue weighted by Gasteiger charge is -2.27. The van der Waals surface area contributed by atoms with E-state index in [4.69, 9.17) is 4.74 Å². The minimum atomic E-state index is -4.47. The van der Waals surface area contributed by atoms with Gasteiger partial charge in [-0.25, -0.2) is 0 Å². The Labute approximate surface area is 139 Å². The fraction of sp³-hybridized carbons (Fsp3) is 0.615. The molecule has 0 aliphatic rings. The fourth-order valence-corrected chi connectivity index (χ4v) is 2.65. The molecular weight excluding hydrogens is 349 g/mol. The van der Waals surface area contributed by atoms with Crippen LogP contribution < -0.4 is 5.32 Å². The van der Waals surface area contributed by atoms with Gasteiger partial charge in [0.05, 0.1) is 12.9 Å². The summed E-state index contributed by atoms with van der Waals surface area (Å²) < 4.78 is 69.1. The molecule has 7 nitrogen and oxygen atoms in total. The van der Waals surface area contributed by atoms with Crippen molar-refractivity contribution in [1.29, 1.82) is 0 Å². The molecule has 138 valence electrons. The number of nitrogens with zero attached hydrogens (tertiary/aromatic N) is 3. The summed E-state index contributed by atoms with van der Waals surface area (Å²) in [7, 11) is -0.867. The molecule has 0 spiro atoms. The number of sulfonamides is 1. The van der Waals surface area contributed by atoms with Crippen LogP contribution in [0.2, 0.25) is 0 Å². The Morgan fingerprint density at radius 2 is 2.04 bits per heavy atom. The van der Waals surface area contributed by atoms with Crippen molar-refractivity contribution in [1.82, 2.24) is 19.4 Å². The smallest absolute Gasteiger partial charge is 0.351 e. The first-order chi connectivity index (χ1) is 10.9. The Morgan fingerprint density at radius 1 is 1.42 bits per heavy atom. The second kappa shape index (κ2) is 7.53. The minimum absolute atomic E-state index is 0.0258. The lowest BCUT2D eigenvalue weighted by Crippen LogP contribution is -2.43. The molecule has 11 heteroatoms. The average molecular weight is 370 g/mol. The zero-order valence-corrected chi connectivity index (χ0v) is 14.6. The lowest BCUT2D eigenvalue weighted by atomic mass is 10.1. The number of ether oxygens (including phenoxy) is 1. The predicted molar refractivity (Wildman–Crippen MR) is 81.4 cm³/mol. The van der Waals surface area contributed by atoms with Crippen LogP contribution in [0.3, 0.4) is 0 Å². The van der Waals surface area contributed by atoms with Gasteiger partial charge in [-0.15, -0.1) is 0 Å². The van der Waals surface area contributed by atoms with Gasteiger partial charge in [0.1, 0.15) is 0 Å². The normalized spacial score (nSPS) is 13.6. The maximum Gasteiger partial charge on any atom is 0.416 e. The number of hydrogen-bond donors (Lipinski definition) is 1. The third kappa shape index (κ3) is 4.95. The molecule has 0 bridgehead atoms. The molecule has 0 unspecified atom stereocenters. The van der Waals surface area contributed by atoms with Crippen LogP contribution in [-0.4, -0.2) is 54.6 Å². The molecule has 0 aromatic carbocycles. The van der Waals surface area contributed by atoms with Gasteiger partial charge in [0.25, 0.3) is 10.0 Å². The first kappa shape index (κ1) is 20.5. The van der Waals surface area contributed by atoms with Crippen LogP contribution in [-0.2, 0) is 21.8 Å². The fourth-order valence-electron chi connectivity index (χ4n) is 1.50. The van der Waals surface area contributed by atoms with E-state index >= 15 is 0 Å². The summed E-state index contributed by atoms with van der Waals surface area (Å²) >= 11 is 0. The molecule has 0 aliphatic heterocycles. The summed E-state index contributed by atoms with van der Waals surface area (Å²) in [5.41, 5.74) is -2.26. The van der Waals surface area contributed by atoms with Crippen molar-refractivity contribution in [2.75, 3.05) is 20.3 Å². The molecule has 1 aromatic rings. The summed E-state index contributed by atoms with van der Waals surface area (Å²) in [6.07, 6.45) is -0.351. The highest BCUT2D eigenvalue weighted by Crippen LogP contribution is 2.32. The van der Waals surface area contributed by atoms with Crippen LogP contribution in [0.5, 0.6) is 0 Å². The standard InChI is InChI=1S/C13H21F3N4O3S/c1-12(2,13(14,15)16)23-10-17-7-5-9-19(3)24(21,22)11-6-8-18-20(11)4/h5-6,8-9,17H,7,10H2,1-4H3/b9-5+. The summed E-state index contributed by atoms with van der Waals surface area (Å²) in [6.45, 7) is 1.67. The van der Waals surface area contributed by atoms with Crippen LogP contribution in [0.1, 0.15) is 13.8 Å². The monoisotopic (exact) mass is 370 g/mol. The molecule has 0 atom stereocenters. The Bertz CT molecular complexity index is 668. The molecule has 0 amide bonds. The van der Waals surface area contributed by atoms with Crippen molar-refractivity contribution in [3.8, 4) is 0 Å². The second-order valence-corrected chi connectivity index (χ2v) is 7.39. The van der Waals surface area contributed by atoms with Gasteiger partial charge in [-0.1, -0.05) is 6.08 Å². The summed E-state index contributed by atoms with van der Waals surface area (Å²) in [5.74, 6) is 0. The van der Waals surface area contributed by atoms with Crippen molar-refractivity contribution >= 4 is 10.0 Å². The van der Waals surface area contributed by atoms with Crippen LogP contribution >= 0.6 is 0 Å². The van der Waals surface area contributed by atoms with Gasteiger partial charge < -0.3 is 4.74 Å². The van der Waals surface area contributed by atoms with Crippen molar-refractivity contribution < 1.29 is 26.3 Å². The van der Waals surface area contributed by atoms with Gasteiger partial charge in [0.2, 0.25) is 0 Å². The largest absolute Gasteiger partial charge is 0.416 e. The topological polar surface area (TPSA) is 76.5 Å². The number of rotatable bonds is 8. The predicted octanol–water partition coefficient (Wildman–Crippen LogP) is 1.46. The third-order valence-electron chi connectivity index (χ3n) is 3.21. The zero-order valence-electron chi connectivity index (χ0n) is 13.8. The van der Waals surface area contributed by atoms with E-state index in [9.17, 15) is 21.6 Å². The first-order valence-electron chi connectivity index (χ1n) is 6.93. The van der Waals surface area contributed by atoms with Crippen LogP contribution in [0.15, 0.2) is 29.6 Å². The van der Waals surface area contributed by atoms with Crippen molar-refractivity contribution in [2.45, 2.75) is 30.7 Å². The second-order valence-electron chi connectivity index (χ2n) is 5.45. The van der Waals surface area contributed by atoms with Crippen LogP contribution in [0, 0.1) is 0 Å². The molecule has 1 aromatic heterocycles. The number of aryl methyl sites for hydroxylation is 1. The van der Waals surface area contributed by atoms with E-state index in [1.807, 2.05) is 0 Å². The van der Waals surface area contributed by atoms with Crippen molar-refractivity contribution in [3.63, 3.8) is 0 Å². The van der Waals surface area contributed by atoms with E-state index < -0.39 is 21.8 Å². The molecule has 0 radical (unpaired) electrons. The first-order valence-corrected chi connectivity index (χ1v) is 8.37. The van der Waals surface area contributed by atoms with E-state index in [-0.39, 0.29) is 18.3 Å². The molecule has 0 fully saturated rings. The maximum atomic E-state index is 12.6.